The lowest BCUT2D eigenvalue weighted by molar-refractivity contribution is 0.354. The summed E-state index contributed by atoms with van der Waals surface area (Å²) in [6.07, 6.45) is 0.515. The van der Waals surface area contributed by atoms with Crippen LogP contribution in [0.5, 0.6) is 11.5 Å². The van der Waals surface area contributed by atoms with Gasteiger partial charge < -0.3 is 13.9 Å². The second-order valence-electron chi connectivity index (χ2n) is 5.58. The van der Waals surface area contributed by atoms with Gasteiger partial charge in [-0.25, -0.2) is 13.1 Å². The van der Waals surface area contributed by atoms with Gasteiger partial charge in [0.05, 0.1) is 19.1 Å². The highest BCUT2D eigenvalue weighted by Gasteiger charge is 2.19. The van der Waals surface area contributed by atoms with E-state index < -0.39 is 10.0 Å². The molecule has 0 spiro atoms. The standard InChI is InChI=1S/C17H19N3O5S2/c1-11-19-20-17(25-11)15-6-7-16(26-15)27(21,22)18-9-8-12-4-5-13(23-2)14(10-12)24-3/h4-7,10,18H,8-9H2,1-3H3. The molecule has 0 fully saturated rings. The van der Waals surface area contributed by atoms with E-state index in [1.807, 2.05) is 12.1 Å². The Kier molecular flexibility index (Phi) is 5.78. The lowest BCUT2D eigenvalue weighted by Crippen LogP contribution is -2.25. The van der Waals surface area contributed by atoms with E-state index in [9.17, 15) is 8.42 Å². The van der Waals surface area contributed by atoms with Crippen molar-refractivity contribution in [3.8, 4) is 22.3 Å². The Balaban J connectivity index is 1.65. The van der Waals surface area contributed by atoms with Crippen molar-refractivity contribution in [2.45, 2.75) is 17.6 Å². The van der Waals surface area contributed by atoms with Gasteiger partial charge >= 0.3 is 0 Å². The highest BCUT2D eigenvalue weighted by atomic mass is 32.2. The van der Waals surface area contributed by atoms with Gasteiger partial charge in [0.1, 0.15) is 4.21 Å². The molecule has 144 valence electrons. The van der Waals surface area contributed by atoms with Gasteiger partial charge in [-0.2, -0.15) is 0 Å². The van der Waals surface area contributed by atoms with Crippen molar-refractivity contribution < 1.29 is 22.3 Å². The molecule has 27 heavy (non-hydrogen) atoms. The van der Waals surface area contributed by atoms with Crippen LogP contribution in [0.4, 0.5) is 0 Å². The van der Waals surface area contributed by atoms with Crippen LogP contribution in [0, 0.1) is 6.92 Å². The fraction of sp³-hybridized carbons (Fsp3) is 0.294. The van der Waals surface area contributed by atoms with E-state index in [0.29, 0.717) is 34.6 Å². The van der Waals surface area contributed by atoms with Crippen molar-refractivity contribution in [2.75, 3.05) is 20.8 Å². The molecule has 1 N–H and O–H groups in total. The molecule has 0 aliphatic carbocycles. The number of benzene rings is 1. The Morgan fingerprint density at radius 2 is 1.89 bits per heavy atom. The van der Waals surface area contributed by atoms with Crippen molar-refractivity contribution in [3.05, 3.63) is 41.8 Å². The molecule has 3 aromatic rings. The number of rotatable bonds is 8. The molecule has 0 amide bonds. The zero-order valence-corrected chi connectivity index (χ0v) is 16.7. The van der Waals surface area contributed by atoms with E-state index in [4.69, 9.17) is 13.9 Å². The molecule has 2 aromatic heterocycles. The van der Waals surface area contributed by atoms with Gasteiger partial charge in [0.2, 0.25) is 15.9 Å². The van der Waals surface area contributed by atoms with Gasteiger partial charge in [-0.1, -0.05) is 6.07 Å². The summed E-state index contributed by atoms with van der Waals surface area (Å²) < 4.78 is 43.5. The van der Waals surface area contributed by atoms with Gasteiger partial charge in [-0.15, -0.1) is 21.5 Å². The van der Waals surface area contributed by atoms with Gasteiger partial charge in [0, 0.05) is 13.5 Å². The molecule has 8 nitrogen and oxygen atoms in total. The quantitative estimate of drug-likeness (QED) is 0.610. The fourth-order valence-electron chi connectivity index (χ4n) is 2.41. The molecule has 0 aliphatic rings. The Morgan fingerprint density at radius 1 is 1.11 bits per heavy atom. The number of nitrogens with one attached hydrogen (secondary N) is 1. The summed E-state index contributed by atoms with van der Waals surface area (Å²) in [7, 11) is -0.491. The molecule has 0 saturated carbocycles. The maximum atomic E-state index is 12.5. The Morgan fingerprint density at radius 3 is 2.56 bits per heavy atom. The third-order valence-corrected chi connectivity index (χ3v) is 6.76. The molecule has 0 unspecified atom stereocenters. The molecular formula is C17H19N3O5S2. The van der Waals surface area contributed by atoms with Gasteiger partial charge in [-0.05, 0) is 36.2 Å². The molecule has 0 saturated heterocycles. The maximum absolute atomic E-state index is 12.5. The molecular weight excluding hydrogens is 390 g/mol. The number of ether oxygens (including phenoxy) is 2. The molecule has 0 bridgehead atoms. The molecule has 10 heteroatoms. The summed E-state index contributed by atoms with van der Waals surface area (Å²) in [4.78, 5) is 0.607. The molecule has 0 atom stereocenters. The number of hydrogen-bond acceptors (Lipinski definition) is 8. The summed E-state index contributed by atoms with van der Waals surface area (Å²) >= 11 is 1.08. The van der Waals surface area contributed by atoms with Crippen LogP contribution in [0.15, 0.2) is 39.0 Å². The van der Waals surface area contributed by atoms with Crippen molar-refractivity contribution in [1.29, 1.82) is 0 Å². The van der Waals surface area contributed by atoms with E-state index in [1.54, 1.807) is 33.3 Å². The average Bonchev–Trinajstić information content (AvgIpc) is 3.30. The number of thiophene rings is 1. The number of methoxy groups -OCH3 is 2. The predicted molar refractivity (Wildman–Crippen MR) is 101 cm³/mol. The summed E-state index contributed by atoms with van der Waals surface area (Å²) in [5, 5.41) is 7.65. The fourth-order valence-corrected chi connectivity index (χ4v) is 4.72. The minimum atomic E-state index is -3.62. The van der Waals surface area contributed by atoms with Crippen LogP contribution in [0.25, 0.3) is 10.8 Å². The van der Waals surface area contributed by atoms with Gasteiger partial charge in [0.25, 0.3) is 5.89 Å². The second kappa shape index (κ2) is 8.07. The van der Waals surface area contributed by atoms with Crippen LogP contribution in [0.3, 0.4) is 0 Å². The van der Waals surface area contributed by atoms with Crippen molar-refractivity contribution >= 4 is 21.4 Å². The summed E-state index contributed by atoms with van der Waals surface area (Å²) in [5.74, 6) is 1.97. The largest absolute Gasteiger partial charge is 0.493 e. The van der Waals surface area contributed by atoms with Crippen molar-refractivity contribution in [1.82, 2.24) is 14.9 Å². The highest BCUT2D eigenvalue weighted by molar-refractivity contribution is 7.91. The van der Waals surface area contributed by atoms with Crippen molar-refractivity contribution in [3.63, 3.8) is 0 Å². The SMILES string of the molecule is COc1ccc(CCNS(=O)(=O)c2ccc(-c3nnc(C)o3)s2)cc1OC. The monoisotopic (exact) mass is 409 g/mol. The first-order chi connectivity index (χ1) is 12.9. The second-order valence-corrected chi connectivity index (χ2v) is 8.66. The van der Waals surface area contributed by atoms with Crippen LogP contribution in [-0.4, -0.2) is 39.4 Å². The zero-order valence-electron chi connectivity index (χ0n) is 15.1. The number of sulfonamides is 1. The van der Waals surface area contributed by atoms with Gasteiger partial charge in [-0.3, -0.25) is 0 Å². The molecule has 1 aromatic carbocycles. The van der Waals surface area contributed by atoms with Crippen molar-refractivity contribution in [2.24, 2.45) is 0 Å². The van der Waals surface area contributed by atoms with Crippen LogP contribution in [0.2, 0.25) is 0 Å². The smallest absolute Gasteiger partial charge is 0.257 e. The first-order valence-corrected chi connectivity index (χ1v) is 10.3. The lowest BCUT2D eigenvalue weighted by atomic mass is 10.1. The molecule has 0 aliphatic heterocycles. The van der Waals surface area contributed by atoms with Crippen LogP contribution in [-0.2, 0) is 16.4 Å². The number of nitrogens with zero attached hydrogens (tertiary/aromatic N) is 2. The van der Waals surface area contributed by atoms with Crippen LogP contribution in [0.1, 0.15) is 11.5 Å². The predicted octanol–water partition coefficient (Wildman–Crippen LogP) is 2.64. The van der Waals surface area contributed by atoms with E-state index in [-0.39, 0.29) is 10.8 Å². The number of hydrogen-bond donors (Lipinski definition) is 1. The van der Waals surface area contributed by atoms with E-state index in [2.05, 4.69) is 14.9 Å². The third-order valence-electron chi connectivity index (χ3n) is 3.74. The third kappa shape index (κ3) is 4.46. The maximum Gasteiger partial charge on any atom is 0.257 e. The van der Waals surface area contributed by atoms with Crippen LogP contribution >= 0.6 is 11.3 Å². The number of aryl methyl sites for hydroxylation is 1. The highest BCUT2D eigenvalue weighted by Crippen LogP contribution is 2.30. The normalized spacial score (nSPS) is 11.5. The number of aromatic nitrogens is 2. The van der Waals surface area contributed by atoms with Gasteiger partial charge in [0.15, 0.2) is 11.5 Å². The Labute approximate surface area is 161 Å². The van der Waals surface area contributed by atoms with E-state index in [1.165, 1.54) is 6.07 Å². The Hall–Kier alpha value is -2.43. The summed E-state index contributed by atoms with van der Waals surface area (Å²) in [5.41, 5.74) is 0.934. The average molecular weight is 409 g/mol. The zero-order chi connectivity index (χ0) is 19.4. The minimum Gasteiger partial charge on any atom is -0.493 e. The van der Waals surface area contributed by atoms with E-state index >= 15 is 0 Å². The molecule has 2 heterocycles. The summed E-state index contributed by atoms with van der Waals surface area (Å²) in [6, 6.07) is 8.67. The first-order valence-electron chi connectivity index (χ1n) is 8.04. The Bertz CT molecular complexity index is 1030. The lowest BCUT2D eigenvalue weighted by Gasteiger charge is -2.10. The molecule has 3 rings (SSSR count). The van der Waals surface area contributed by atoms with E-state index in [0.717, 1.165) is 16.9 Å². The topological polar surface area (TPSA) is 104 Å². The first kappa shape index (κ1) is 19.3. The van der Waals surface area contributed by atoms with Crippen LogP contribution < -0.4 is 14.2 Å². The summed E-state index contributed by atoms with van der Waals surface area (Å²) in [6.45, 7) is 1.93. The molecule has 0 radical (unpaired) electrons. The minimum absolute atomic E-state index is 0.195.